The zero-order valence-corrected chi connectivity index (χ0v) is 20.8. The molecule has 0 spiro atoms. The Bertz CT molecular complexity index is 1280. The number of aromatic nitrogens is 2. The minimum Gasteiger partial charge on any atom is -0.370 e. The van der Waals surface area contributed by atoms with Crippen LogP contribution in [0.3, 0.4) is 0 Å². The standard InChI is InChI=1S/C25H26N6O2S2/c1-15(32)29-21-13-17(7-8-27-21)24-23(30-18-5-3-2-4-6-18)22-19(31(24)26)11-16(12-20(22)33)14-35-25-28-9-10-34-25/h2-10,13,16,25,28,30H,11-12,14,26H2,1H3,(H,27,29,32). The molecule has 0 fully saturated rings. The maximum Gasteiger partial charge on any atom is 0.222 e. The summed E-state index contributed by atoms with van der Waals surface area (Å²) in [7, 11) is 0. The van der Waals surface area contributed by atoms with Crippen LogP contribution in [-0.2, 0) is 11.2 Å². The lowest BCUT2D eigenvalue weighted by atomic mass is 9.87. The lowest BCUT2D eigenvalue weighted by molar-refractivity contribution is -0.114. The van der Waals surface area contributed by atoms with E-state index in [2.05, 4.69) is 20.9 Å². The number of carbonyl (C=O) groups is 2. The first-order chi connectivity index (χ1) is 17.0. The molecule has 2 unspecified atom stereocenters. The van der Waals surface area contributed by atoms with Gasteiger partial charge in [0.15, 0.2) is 5.78 Å². The molecule has 180 valence electrons. The summed E-state index contributed by atoms with van der Waals surface area (Å²) >= 11 is 3.56. The van der Waals surface area contributed by atoms with E-state index in [1.54, 1.807) is 28.7 Å². The van der Waals surface area contributed by atoms with Gasteiger partial charge in [0.2, 0.25) is 5.91 Å². The zero-order valence-electron chi connectivity index (χ0n) is 19.2. The summed E-state index contributed by atoms with van der Waals surface area (Å²) in [5, 5.41) is 11.5. The molecule has 3 heterocycles. The van der Waals surface area contributed by atoms with Crippen LogP contribution < -0.4 is 21.8 Å². The fraction of sp³-hybridized carbons (Fsp3) is 0.240. The number of nitrogen functional groups attached to an aromatic ring is 1. The fourth-order valence-corrected chi connectivity index (χ4v) is 6.50. The Hall–Kier alpha value is -3.37. The van der Waals surface area contributed by atoms with Crippen molar-refractivity contribution in [1.29, 1.82) is 0 Å². The normalized spacial score (nSPS) is 18.7. The number of ketones is 1. The molecule has 8 nitrogen and oxygen atoms in total. The Morgan fingerprint density at radius 1 is 1.29 bits per heavy atom. The molecule has 5 rings (SSSR count). The number of thioether (sulfide) groups is 2. The van der Waals surface area contributed by atoms with E-state index in [1.807, 2.05) is 59.8 Å². The van der Waals surface area contributed by atoms with Crippen molar-refractivity contribution in [2.24, 2.45) is 5.92 Å². The number of pyridine rings is 1. The number of nitrogens with one attached hydrogen (secondary N) is 3. The van der Waals surface area contributed by atoms with E-state index in [1.165, 1.54) is 6.92 Å². The Morgan fingerprint density at radius 2 is 2.11 bits per heavy atom. The van der Waals surface area contributed by atoms with Crippen LogP contribution in [0.25, 0.3) is 11.3 Å². The van der Waals surface area contributed by atoms with Gasteiger partial charge < -0.3 is 21.8 Å². The molecule has 1 aliphatic carbocycles. The highest BCUT2D eigenvalue weighted by molar-refractivity contribution is 8.18. The minimum absolute atomic E-state index is 0.0852. The highest BCUT2D eigenvalue weighted by Crippen LogP contribution is 2.42. The van der Waals surface area contributed by atoms with Gasteiger partial charge in [0.1, 0.15) is 10.5 Å². The van der Waals surface area contributed by atoms with Gasteiger partial charge in [-0.25, -0.2) is 4.98 Å². The summed E-state index contributed by atoms with van der Waals surface area (Å²) in [6.07, 6.45) is 4.77. The van der Waals surface area contributed by atoms with Gasteiger partial charge in [-0.15, -0.1) is 11.8 Å². The number of benzene rings is 1. The van der Waals surface area contributed by atoms with Gasteiger partial charge in [-0.3, -0.25) is 14.3 Å². The molecular formula is C25H26N6O2S2. The highest BCUT2D eigenvalue weighted by Gasteiger charge is 2.34. The van der Waals surface area contributed by atoms with Gasteiger partial charge >= 0.3 is 0 Å². The van der Waals surface area contributed by atoms with Crippen molar-refractivity contribution in [3.63, 3.8) is 0 Å². The second-order valence-corrected chi connectivity index (χ2v) is 10.9. The molecule has 3 aromatic rings. The number of rotatable bonds is 7. The van der Waals surface area contributed by atoms with E-state index in [9.17, 15) is 9.59 Å². The minimum atomic E-state index is -0.208. The predicted molar refractivity (Wildman–Crippen MR) is 144 cm³/mol. The first-order valence-electron chi connectivity index (χ1n) is 11.3. The largest absolute Gasteiger partial charge is 0.370 e. The van der Waals surface area contributed by atoms with Crippen LogP contribution in [0.2, 0.25) is 0 Å². The summed E-state index contributed by atoms with van der Waals surface area (Å²) in [4.78, 5) is 29.3. The predicted octanol–water partition coefficient (Wildman–Crippen LogP) is 4.54. The van der Waals surface area contributed by atoms with Crippen LogP contribution in [0.4, 0.5) is 17.2 Å². The van der Waals surface area contributed by atoms with Gasteiger partial charge in [0, 0.05) is 37.0 Å². The third-order valence-electron chi connectivity index (χ3n) is 5.91. The van der Waals surface area contributed by atoms with Crippen molar-refractivity contribution in [1.82, 2.24) is 15.0 Å². The molecule has 0 saturated carbocycles. The number of hydrogen-bond acceptors (Lipinski definition) is 8. The van der Waals surface area contributed by atoms with Crippen LogP contribution in [0.1, 0.15) is 29.4 Å². The summed E-state index contributed by atoms with van der Waals surface area (Å²) < 4.78 is 1.91. The van der Waals surface area contributed by atoms with Gasteiger partial charge in [0.25, 0.3) is 0 Å². The third kappa shape index (κ3) is 5.03. The second-order valence-electron chi connectivity index (χ2n) is 8.49. The number of Topliss-reactive ketones (excluding diaryl/α,β-unsaturated/α-hetero) is 1. The summed E-state index contributed by atoms with van der Waals surface area (Å²) in [6.45, 7) is 1.44. The molecule has 1 aromatic carbocycles. The number of anilines is 3. The Balaban J connectivity index is 1.53. The van der Waals surface area contributed by atoms with E-state index in [4.69, 9.17) is 5.84 Å². The summed E-state index contributed by atoms with van der Waals surface area (Å²) in [5.74, 6) is 8.05. The SMILES string of the molecule is CC(=O)Nc1cc(-c2c(Nc3ccccc3)c3c(n2N)CC(CSC2NC=CS2)CC3=O)ccn1. The van der Waals surface area contributed by atoms with Crippen LogP contribution in [0, 0.1) is 5.92 Å². The van der Waals surface area contributed by atoms with Crippen LogP contribution in [0.15, 0.2) is 60.3 Å². The smallest absolute Gasteiger partial charge is 0.222 e. The van der Waals surface area contributed by atoms with Crippen molar-refractivity contribution < 1.29 is 9.59 Å². The zero-order chi connectivity index (χ0) is 24.4. The molecule has 2 aliphatic rings. The van der Waals surface area contributed by atoms with Gasteiger partial charge in [-0.2, -0.15) is 0 Å². The number of nitrogens with two attached hydrogens (primary N) is 1. The Morgan fingerprint density at radius 3 is 2.86 bits per heavy atom. The summed E-state index contributed by atoms with van der Waals surface area (Å²) in [6, 6.07) is 13.3. The molecule has 10 heteroatoms. The van der Waals surface area contributed by atoms with Gasteiger partial charge in [-0.05, 0) is 47.8 Å². The van der Waals surface area contributed by atoms with Crippen LogP contribution in [0.5, 0.6) is 0 Å². The number of hydrogen-bond donors (Lipinski definition) is 4. The van der Waals surface area contributed by atoms with E-state index >= 15 is 0 Å². The van der Waals surface area contributed by atoms with E-state index in [0.29, 0.717) is 35.6 Å². The van der Waals surface area contributed by atoms with Gasteiger partial charge in [0.05, 0.1) is 22.6 Å². The number of fused-ring (bicyclic) bond motifs is 1. The van der Waals surface area contributed by atoms with Crippen molar-refractivity contribution >= 4 is 52.4 Å². The average Bonchev–Trinajstić information content (AvgIpc) is 3.45. The third-order valence-corrected chi connectivity index (χ3v) is 8.43. The van der Waals surface area contributed by atoms with Gasteiger partial charge in [-0.1, -0.05) is 30.0 Å². The fourth-order valence-electron chi connectivity index (χ4n) is 4.44. The van der Waals surface area contributed by atoms with Crippen LogP contribution in [-0.4, -0.2) is 31.8 Å². The Kier molecular flexibility index (Phi) is 6.74. The molecule has 0 saturated heterocycles. The van der Waals surface area contributed by atoms with E-state index in [0.717, 1.165) is 22.7 Å². The number of nitrogens with zero attached hydrogens (tertiary/aromatic N) is 2. The lowest BCUT2D eigenvalue weighted by Crippen LogP contribution is -2.26. The quantitative estimate of drug-likeness (QED) is 0.346. The molecule has 1 aliphatic heterocycles. The molecule has 1 amide bonds. The first kappa shape index (κ1) is 23.4. The first-order valence-corrected chi connectivity index (χ1v) is 13.3. The molecule has 0 bridgehead atoms. The van der Waals surface area contributed by atoms with Crippen molar-refractivity contribution in [3.8, 4) is 11.3 Å². The van der Waals surface area contributed by atoms with Crippen molar-refractivity contribution in [2.75, 3.05) is 22.2 Å². The molecule has 2 atom stereocenters. The second kappa shape index (κ2) is 10.1. The Labute approximate surface area is 212 Å². The maximum atomic E-state index is 13.5. The number of para-hydroxylation sites is 1. The van der Waals surface area contributed by atoms with Crippen molar-refractivity contribution in [3.05, 3.63) is 71.5 Å². The molecule has 35 heavy (non-hydrogen) atoms. The topological polar surface area (TPSA) is 114 Å². The number of carbonyl (C=O) groups excluding carboxylic acids is 2. The maximum absolute atomic E-state index is 13.5. The van der Waals surface area contributed by atoms with E-state index in [-0.39, 0.29) is 22.3 Å². The molecule has 2 aromatic heterocycles. The van der Waals surface area contributed by atoms with Crippen LogP contribution >= 0.6 is 23.5 Å². The monoisotopic (exact) mass is 506 g/mol. The van der Waals surface area contributed by atoms with E-state index < -0.39 is 0 Å². The molecule has 5 N–H and O–H groups in total. The molecular weight excluding hydrogens is 480 g/mol. The lowest BCUT2D eigenvalue weighted by Gasteiger charge is -2.23. The number of amides is 1. The summed E-state index contributed by atoms with van der Waals surface area (Å²) in [5.41, 5.74) is 4.45. The highest BCUT2D eigenvalue weighted by atomic mass is 32.2. The molecule has 0 radical (unpaired) electrons. The average molecular weight is 507 g/mol. The van der Waals surface area contributed by atoms with Crippen molar-refractivity contribution in [2.45, 2.75) is 24.5 Å².